The summed E-state index contributed by atoms with van der Waals surface area (Å²) in [6.45, 7) is 2.10. The highest BCUT2D eigenvalue weighted by Gasteiger charge is 2.13. The van der Waals surface area contributed by atoms with Crippen molar-refractivity contribution >= 4 is 0 Å². The molecule has 3 heteroatoms. The first-order valence-corrected chi connectivity index (χ1v) is 6.49. The van der Waals surface area contributed by atoms with Gasteiger partial charge < -0.3 is 9.84 Å². The molecular formula is C16H19NO2. The minimum Gasteiger partial charge on any atom is -0.496 e. The van der Waals surface area contributed by atoms with E-state index in [1.807, 2.05) is 36.5 Å². The topological polar surface area (TPSA) is 42.4 Å². The van der Waals surface area contributed by atoms with Crippen LogP contribution in [0.25, 0.3) is 0 Å². The third-order valence-electron chi connectivity index (χ3n) is 3.19. The highest BCUT2D eigenvalue weighted by molar-refractivity contribution is 5.35. The normalized spacial score (nSPS) is 12.2. The summed E-state index contributed by atoms with van der Waals surface area (Å²) in [6, 6.07) is 11.5. The van der Waals surface area contributed by atoms with E-state index in [0.29, 0.717) is 12.2 Å². The van der Waals surface area contributed by atoms with Crippen molar-refractivity contribution in [3.05, 3.63) is 59.4 Å². The van der Waals surface area contributed by atoms with Crippen LogP contribution < -0.4 is 4.74 Å². The van der Waals surface area contributed by atoms with Crippen molar-refractivity contribution in [1.82, 2.24) is 4.98 Å². The van der Waals surface area contributed by atoms with E-state index < -0.39 is 6.10 Å². The molecule has 0 aliphatic heterocycles. The molecule has 19 heavy (non-hydrogen) atoms. The van der Waals surface area contributed by atoms with Crippen LogP contribution >= 0.6 is 0 Å². The molecule has 2 aromatic rings. The van der Waals surface area contributed by atoms with Crippen molar-refractivity contribution in [3.63, 3.8) is 0 Å². The monoisotopic (exact) mass is 257 g/mol. The van der Waals surface area contributed by atoms with Crippen LogP contribution in [0.5, 0.6) is 5.75 Å². The van der Waals surface area contributed by atoms with Gasteiger partial charge in [-0.2, -0.15) is 0 Å². The van der Waals surface area contributed by atoms with Gasteiger partial charge >= 0.3 is 0 Å². The Morgan fingerprint density at radius 3 is 2.63 bits per heavy atom. The van der Waals surface area contributed by atoms with E-state index >= 15 is 0 Å². The smallest absolute Gasteiger partial charge is 0.124 e. The second kappa shape index (κ2) is 6.34. The molecule has 1 aromatic heterocycles. The van der Waals surface area contributed by atoms with Crippen molar-refractivity contribution < 1.29 is 9.84 Å². The quantitative estimate of drug-likeness (QED) is 0.895. The Morgan fingerprint density at radius 2 is 2.00 bits per heavy atom. The Bertz CT molecular complexity index is 523. The molecule has 2 rings (SSSR count). The van der Waals surface area contributed by atoms with Gasteiger partial charge in [-0.3, -0.25) is 4.98 Å². The fourth-order valence-corrected chi connectivity index (χ4v) is 2.03. The van der Waals surface area contributed by atoms with Crippen LogP contribution in [0.3, 0.4) is 0 Å². The highest BCUT2D eigenvalue weighted by atomic mass is 16.5. The standard InChI is InChI=1S/C16H19NO2/c1-3-12-8-9-13(17-11-12)10-15(18)14-6-4-5-7-16(14)19-2/h4-9,11,15,18H,3,10H2,1-2H3. The number of para-hydroxylation sites is 1. The zero-order chi connectivity index (χ0) is 13.7. The molecule has 3 nitrogen and oxygen atoms in total. The Labute approximate surface area is 113 Å². The summed E-state index contributed by atoms with van der Waals surface area (Å²) in [7, 11) is 1.61. The van der Waals surface area contributed by atoms with E-state index in [0.717, 1.165) is 17.7 Å². The van der Waals surface area contributed by atoms with Crippen LogP contribution in [-0.2, 0) is 12.8 Å². The molecule has 1 aromatic carbocycles. The lowest BCUT2D eigenvalue weighted by atomic mass is 10.0. The number of aliphatic hydroxyl groups excluding tert-OH is 1. The SMILES string of the molecule is CCc1ccc(CC(O)c2ccccc2OC)nc1. The average Bonchev–Trinajstić information content (AvgIpc) is 2.48. The second-order valence-electron chi connectivity index (χ2n) is 4.47. The maximum absolute atomic E-state index is 10.3. The lowest BCUT2D eigenvalue weighted by Crippen LogP contribution is -2.05. The van der Waals surface area contributed by atoms with Gasteiger partial charge in [0.1, 0.15) is 5.75 Å². The zero-order valence-corrected chi connectivity index (χ0v) is 11.3. The minimum atomic E-state index is -0.601. The fourth-order valence-electron chi connectivity index (χ4n) is 2.03. The summed E-state index contributed by atoms with van der Waals surface area (Å²) in [5.41, 5.74) is 2.89. The number of hydrogen-bond acceptors (Lipinski definition) is 3. The van der Waals surface area contributed by atoms with Crippen LogP contribution in [0.15, 0.2) is 42.6 Å². The fraction of sp³-hybridized carbons (Fsp3) is 0.312. The number of aromatic nitrogens is 1. The molecule has 0 radical (unpaired) electrons. The minimum absolute atomic E-state index is 0.490. The molecule has 0 aliphatic rings. The van der Waals surface area contributed by atoms with Gasteiger partial charge in [0.25, 0.3) is 0 Å². The number of rotatable bonds is 5. The third-order valence-corrected chi connectivity index (χ3v) is 3.19. The molecule has 1 unspecified atom stereocenters. The predicted octanol–water partition coefficient (Wildman–Crippen LogP) is 2.93. The van der Waals surface area contributed by atoms with Gasteiger partial charge in [0, 0.05) is 23.9 Å². The van der Waals surface area contributed by atoms with Gasteiger partial charge in [0.05, 0.1) is 13.2 Å². The maximum Gasteiger partial charge on any atom is 0.124 e. The molecule has 1 N–H and O–H groups in total. The lowest BCUT2D eigenvalue weighted by molar-refractivity contribution is 0.173. The van der Waals surface area contributed by atoms with Crippen molar-refractivity contribution in [3.8, 4) is 5.75 Å². The van der Waals surface area contributed by atoms with Gasteiger partial charge in [-0.25, -0.2) is 0 Å². The van der Waals surface area contributed by atoms with Crippen LogP contribution in [0.1, 0.15) is 29.8 Å². The van der Waals surface area contributed by atoms with Crippen LogP contribution in [0, 0.1) is 0 Å². The summed E-state index contributed by atoms with van der Waals surface area (Å²) in [4.78, 5) is 4.37. The molecule has 1 atom stereocenters. The van der Waals surface area contributed by atoms with Crippen molar-refractivity contribution in [2.45, 2.75) is 25.9 Å². The number of ether oxygens (including phenoxy) is 1. The summed E-state index contributed by atoms with van der Waals surface area (Å²) in [5.74, 6) is 0.708. The average molecular weight is 257 g/mol. The van der Waals surface area contributed by atoms with Crippen LogP contribution in [-0.4, -0.2) is 17.2 Å². The van der Waals surface area contributed by atoms with E-state index in [9.17, 15) is 5.11 Å². The molecule has 100 valence electrons. The van der Waals surface area contributed by atoms with Gasteiger partial charge in [0.2, 0.25) is 0 Å². The zero-order valence-electron chi connectivity index (χ0n) is 11.3. The number of hydrogen-bond donors (Lipinski definition) is 1. The summed E-state index contributed by atoms with van der Waals surface area (Å²) < 4.78 is 5.26. The Morgan fingerprint density at radius 1 is 1.21 bits per heavy atom. The Kier molecular flexibility index (Phi) is 4.53. The molecule has 0 fully saturated rings. The molecular weight excluding hydrogens is 238 g/mol. The first-order valence-electron chi connectivity index (χ1n) is 6.49. The molecule has 0 saturated heterocycles. The van der Waals surface area contributed by atoms with Crippen molar-refractivity contribution in [2.75, 3.05) is 7.11 Å². The van der Waals surface area contributed by atoms with E-state index in [1.54, 1.807) is 7.11 Å². The number of benzene rings is 1. The van der Waals surface area contributed by atoms with Gasteiger partial charge in [-0.15, -0.1) is 0 Å². The Hall–Kier alpha value is -1.87. The van der Waals surface area contributed by atoms with Crippen molar-refractivity contribution in [1.29, 1.82) is 0 Å². The van der Waals surface area contributed by atoms with E-state index in [-0.39, 0.29) is 0 Å². The van der Waals surface area contributed by atoms with E-state index in [1.165, 1.54) is 5.56 Å². The predicted molar refractivity (Wildman–Crippen MR) is 75.3 cm³/mol. The highest BCUT2D eigenvalue weighted by Crippen LogP contribution is 2.26. The number of nitrogens with zero attached hydrogens (tertiary/aromatic N) is 1. The molecule has 0 saturated carbocycles. The summed E-state index contributed by atoms with van der Waals surface area (Å²) in [6.07, 6.45) is 2.73. The van der Waals surface area contributed by atoms with E-state index in [2.05, 4.69) is 18.0 Å². The first kappa shape index (κ1) is 13.6. The molecule has 1 heterocycles. The largest absolute Gasteiger partial charge is 0.496 e. The molecule has 0 aliphatic carbocycles. The summed E-state index contributed by atoms with van der Waals surface area (Å²) >= 11 is 0. The van der Waals surface area contributed by atoms with Crippen LogP contribution in [0.4, 0.5) is 0 Å². The summed E-state index contributed by atoms with van der Waals surface area (Å²) in [5, 5.41) is 10.3. The lowest BCUT2D eigenvalue weighted by Gasteiger charge is -2.14. The number of aliphatic hydroxyl groups is 1. The third kappa shape index (κ3) is 3.32. The maximum atomic E-state index is 10.3. The second-order valence-corrected chi connectivity index (χ2v) is 4.47. The molecule has 0 amide bonds. The molecule has 0 spiro atoms. The van der Waals surface area contributed by atoms with Gasteiger partial charge in [0.15, 0.2) is 0 Å². The number of aryl methyl sites for hydroxylation is 1. The van der Waals surface area contributed by atoms with Crippen molar-refractivity contribution in [2.24, 2.45) is 0 Å². The molecule has 0 bridgehead atoms. The number of pyridine rings is 1. The van der Waals surface area contributed by atoms with Gasteiger partial charge in [-0.05, 0) is 24.1 Å². The number of methoxy groups -OCH3 is 1. The Balaban J connectivity index is 2.13. The van der Waals surface area contributed by atoms with Crippen LogP contribution in [0.2, 0.25) is 0 Å². The van der Waals surface area contributed by atoms with Gasteiger partial charge in [-0.1, -0.05) is 31.2 Å². The first-order chi connectivity index (χ1) is 9.24. The van der Waals surface area contributed by atoms with E-state index in [4.69, 9.17) is 4.74 Å².